The second kappa shape index (κ2) is 12.0. The predicted molar refractivity (Wildman–Crippen MR) is 112 cm³/mol. The number of rotatable bonds is 12. The summed E-state index contributed by atoms with van der Waals surface area (Å²) in [6, 6.07) is 10.8. The van der Waals surface area contributed by atoms with Gasteiger partial charge in [-0.1, -0.05) is 29.4 Å². The zero-order valence-corrected chi connectivity index (χ0v) is 17.9. The van der Waals surface area contributed by atoms with Gasteiger partial charge in [0.05, 0.1) is 19.5 Å². The van der Waals surface area contributed by atoms with Crippen LogP contribution in [0.2, 0.25) is 0 Å². The van der Waals surface area contributed by atoms with Gasteiger partial charge in [-0.3, -0.25) is 14.0 Å². The lowest BCUT2D eigenvalue weighted by Crippen LogP contribution is -2.07. The van der Waals surface area contributed by atoms with E-state index in [9.17, 15) is 13.2 Å². The zero-order chi connectivity index (χ0) is 21.8. The van der Waals surface area contributed by atoms with Crippen LogP contribution in [0.5, 0.6) is 0 Å². The summed E-state index contributed by atoms with van der Waals surface area (Å²) >= 11 is 0. The van der Waals surface area contributed by atoms with Gasteiger partial charge in [0.1, 0.15) is 12.3 Å². The molecule has 2 aromatic rings. The number of ether oxygens (including phenoxy) is 1. The number of carbonyl (C=O) groups is 1. The molecule has 0 saturated heterocycles. The molecule has 0 atom stereocenters. The molecule has 1 aromatic carbocycles. The largest absolute Gasteiger partial charge is 0.466 e. The Hall–Kier alpha value is -2.78. The van der Waals surface area contributed by atoms with Gasteiger partial charge in [0.15, 0.2) is 0 Å². The smallest absolute Gasteiger partial charge is 0.305 e. The first-order valence-electron chi connectivity index (χ1n) is 9.58. The third-order valence-corrected chi connectivity index (χ3v) is 4.48. The molecule has 0 spiro atoms. The number of carbonyl (C=O) groups excluding carboxylic acids is 1. The Morgan fingerprint density at radius 3 is 2.50 bits per heavy atom. The van der Waals surface area contributed by atoms with Crippen molar-refractivity contribution in [3.05, 3.63) is 65.5 Å². The van der Waals surface area contributed by atoms with Gasteiger partial charge in [-0.25, -0.2) is 0 Å². The number of esters is 1. The van der Waals surface area contributed by atoms with Crippen molar-refractivity contribution in [1.29, 1.82) is 0 Å². The summed E-state index contributed by atoms with van der Waals surface area (Å²) in [4.78, 5) is 20.9. The van der Waals surface area contributed by atoms with E-state index in [0.717, 1.165) is 22.9 Å². The van der Waals surface area contributed by atoms with E-state index in [1.807, 2.05) is 18.2 Å². The van der Waals surface area contributed by atoms with Crippen molar-refractivity contribution in [3.8, 4) is 0 Å². The Morgan fingerprint density at radius 1 is 1.10 bits per heavy atom. The van der Waals surface area contributed by atoms with Crippen LogP contribution in [0.4, 0.5) is 0 Å². The average Bonchev–Trinajstić information content (AvgIpc) is 2.72. The number of unbranched alkanes of at least 4 members (excludes halogenated alkanes) is 1. The molecule has 8 nitrogen and oxygen atoms in total. The Bertz CT molecular complexity index is 928. The van der Waals surface area contributed by atoms with Gasteiger partial charge >= 0.3 is 5.97 Å². The summed E-state index contributed by atoms with van der Waals surface area (Å²) in [6.45, 7) is 2.49. The highest BCUT2D eigenvalue weighted by atomic mass is 32.2. The van der Waals surface area contributed by atoms with Gasteiger partial charge in [0.2, 0.25) is 0 Å². The summed E-state index contributed by atoms with van der Waals surface area (Å²) < 4.78 is 32.0. The minimum atomic E-state index is -3.50. The fourth-order valence-corrected chi connectivity index (χ4v) is 2.84. The monoisotopic (exact) mass is 434 g/mol. The van der Waals surface area contributed by atoms with Crippen molar-refractivity contribution in [2.45, 2.75) is 32.8 Å². The number of nitrogens with zero attached hydrogens (tertiary/aromatic N) is 2. The first kappa shape index (κ1) is 23.5. The molecule has 0 bridgehead atoms. The summed E-state index contributed by atoms with van der Waals surface area (Å²) in [7, 11) is -3.50. The van der Waals surface area contributed by atoms with Crippen molar-refractivity contribution in [1.82, 2.24) is 4.98 Å². The van der Waals surface area contributed by atoms with Crippen LogP contribution in [0.3, 0.4) is 0 Å². The number of benzene rings is 1. The van der Waals surface area contributed by atoms with Crippen LogP contribution in [0, 0.1) is 0 Å². The van der Waals surface area contributed by atoms with Crippen LogP contribution in [0.25, 0.3) is 0 Å². The molecule has 0 radical (unpaired) electrons. The Morgan fingerprint density at radius 2 is 1.87 bits per heavy atom. The third-order valence-electron chi connectivity index (χ3n) is 3.93. The van der Waals surface area contributed by atoms with E-state index < -0.39 is 10.1 Å². The molecule has 0 aliphatic rings. The van der Waals surface area contributed by atoms with E-state index in [4.69, 9.17) is 13.8 Å². The lowest BCUT2D eigenvalue weighted by molar-refractivity contribution is -0.143. The molecular weight excluding hydrogens is 408 g/mol. The fourth-order valence-electron chi connectivity index (χ4n) is 2.49. The minimum absolute atomic E-state index is 0.0323. The van der Waals surface area contributed by atoms with Crippen LogP contribution < -0.4 is 0 Å². The van der Waals surface area contributed by atoms with Gasteiger partial charge in [-0.15, -0.1) is 0 Å². The molecule has 0 N–H and O–H groups in total. The number of hydrogen-bond donors (Lipinski definition) is 0. The molecular formula is C21H26N2O6S. The SMILES string of the molecule is CCOC(=O)CCCCO/N=C(\c1ccc(COS(C)(=O)=O)cc1)c1cccnc1. The highest BCUT2D eigenvalue weighted by molar-refractivity contribution is 7.85. The van der Waals surface area contributed by atoms with E-state index >= 15 is 0 Å². The van der Waals surface area contributed by atoms with E-state index in [2.05, 4.69) is 10.1 Å². The maximum Gasteiger partial charge on any atom is 0.305 e. The quantitative estimate of drug-likeness (QED) is 0.166. The first-order valence-corrected chi connectivity index (χ1v) is 11.4. The van der Waals surface area contributed by atoms with Gasteiger partial charge < -0.3 is 9.57 Å². The van der Waals surface area contributed by atoms with Crippen molar-refractivity contribution in [2.75, 3.05) is 19.5 Å². The van der Waals surface area contributed by atoms with Crippen molar-refractivity contribution in [3.63, 3.8) is 0 Å². The van der Waals surface area contributed by atoms with Crippen molar-refractivity contribution < 1.29 is 27.0 Å². The summed E-state index contributed by atoms with van der Waals surface area (Å²) in [5.74, 6) is -0.211. The molecule has 162 valence electrons. The van der Waals surface area contributed by atoms with Crippen LogP contribution in [0.15, 0.2) is 53.9 Å². The Labute approximate surface area is 177 Å². The topological polar surface area (TPSA) is 104 Å². The maximum atomic E-state index is 11.3. The number of oxime groups is 1. The minimum Gasteiger partial charge on any atom is -0.466 e. The van der Waals surface area contributed by atoms with E-state index in [1.165, 1.54) is 0 Å². The van der Waals surface area contributed by atoms with Gasteiger partial charge in [-0.05, 0) is 37.5 Å². The first-order chi connectivity index (χ1) is 14.4. The normalized spacial score (nSPS) is 11.9. The number of aromatic nitrogens is 1. The molecule has 9 heteroatoms. The lowest BCUT2D eigenvalue weighted by atomic mass is 10.0. The van der Waals surface area contributed by atoms with Gasteiger partial charge in [-0.2, -0.15) is 8.42 Å². The van der Waals surface area contributed by atoms with Crippen molar-refractivity contribution in [2.24, 2.45) is 5.16 Å². The van der Waals surface area contributed by atoms with E-state index in [-0.39, 0.29) is 12.6 Å². The lowest BCUT2D eigenvalue weighted by Gasteiger charge is -2.09. The molecule has 0 saturated carbocycles. The maximum absolute atomic E-state index is 11.3. The predicted octanol–water partition coefficient (Wildman–Crippen LogP) is 3.06. The molecule has 0 amide bonds. The fraction of sp³-hybridized carbons (Fsp3) is 0.381. The third kappa shape index (κ3) is 8.71. The highest BCUT2D eigenvalue weighted by Gasteiger charge is 2.10. The average molecular weight is 435 g/mol. The molecule has 2 rings (SSSR count). The van der Waals surface area contributed by atoms with Gasteiger partial charge in [0.25, 0.3) is 10.1 Å². The number of hydrogen-bond acceptors (Lipinski definition) is 8. The highest BCUT2D eigenvalue weighted by Crippen LogP contribution is 2.13. The van der Waals surface area contributed by atoms with Crippen molar-refractivity contribution >= 4 is 21.8 Å². The summed E-state index contributed by atoms with van der Waals surface area (Å²) in [6.07, 6.45) is 6.05. The molecule has 0 fully saturated rings. The van der Waals surface area contributed by atoms with Gasteiger partial charge in [0, 0.05) is 29.9 Å². The summed E-state index contributed by atoms with van der Waals surface area (Å²) in [5, 5.41) is 4.27. The summed E-state index contributed by atoms with van der Waals surface area (Å²) in [5.41, 5.74) is 2.89. The molecule has 0 unspecified atom stereocenters. The van der Waals surface area contributed by atoms with Crippen LogP contribution in [0.1, 0.15) is 42.9 Å². The molecule has 30 heavy (non-hydrogen) atoms. The van der Waals surface area contributed by atoms with E-state index in [0.29, 0.717) is 38.2 Å². The molecule has 1 heterocycles. The Kier molecular flexibility index (Phi) is 9.43. The zero-order valence-electron chi connectivity index (χ0n) is 17.1. The standard InChI is InChI=1S/C21H26N2O6S/c1-3-27-20(24)8-4-5-14-28-23-21(19-7-6-13-22-15-19)18-11-9-17(10-12-18)16-29-30(2,25)26/h6-7,9-13,15H,3-5,8,14,16H2,1-2H3/b23-21+. The van der Waals surface area contributed by atoms with Crippen LogP contribution in [-0.4, -0.2) is 44.6 Å². The number of pyridine rings is 1. The molecule has 0 aliphatic heterocycles. The van der Waals surface area contributed by atoms with Crippen LogP contribution >= 0.6 is 0 Å². The Balaban J connectivity index is 2.01. The molecule has 1 aromatic heterocycles. The van der Waals surface area contributed by atoms with E-state index in [1.54, 1.807) is 37.5 Å². The second-order valence-electron chi connectivity index (χ2n) is 6.44. The molecule has 0 aliphatic carbocycles. The second-order valence-corrected chi connectivity index (χ2v) is 8.08. The van der Waals surface area contributed by atoms with Crippen LogP contribution in [-0.2, 0) is 35.3 Å².